The Morgan fingerprint density at radius 2 is 2.05 bits per heavy atom. The number of anilines is 1. The second-order valence-corrected chi connectivity index (χ2v) is 5.09. The first kappa shape index (κ1) is 14.7. The van der Waals surface area contributed by atoms with E-state index in [1.807, 2.05) is 18.7 Å². The molecule has 2 rings (SSSR count). The number of aromatic nitrogens is 2. The molecule has 1 aromatic heterocycles. The van der Waals surface area contributed by atoms with Gasteiger partial charge in [0.05, 0.1) is 17.9 Å². The molecule has 1 aliphatic rings. The molecule has 6 nitrogen and oxygen atoms in total. The first-order chi connectivity index (χ1) is 9.63. The number of aryl methyl sites for hydroxylation is 1. The molecule has 20 heavy (non-hydrogen) atoms. The zero-order valence-corrected chi connectivity index (χ0v) is 12.2. The zero-order chi connectivity index (χ0) is 14.7. The molecule has 1 fully saturated rings. The predicted octanol–water partition coefficient (Wildman–Crippen LogP) is 0.847. The van der Waals surface area contributed by atoms with E-state index in [0.29, 0.717) is 24.0 Å². The Morgan fingerprint density at radius 1 is 1.35 bits per heavy atom. The van der Waals surface area contributed by atoms with Crippen LogP contribution in [0.25, 0.3) is 0 Å². The van der Waals surface area contributed by atoms with Gasteiger partial charge in [0.15, 0.2) is 5.82 Å². The van der Waals surface area contributed by atoms with Crippen molar-refractivity contribution in [3.63, 3.8) is 0 Å². The lowest BCUT2D eigenvalue weighted by atomic mass is 10.0. The number of hydrogen-bond donors (Lipinski definition) is 3. The van der Waals surface area contributed by atoms with Gasteiger partial charge in [-0.3, -0.25) is 5.41 Å². The van der Waals surface area contributed by atoms with Crippen molar-refractivity contribution in [3.05, 3.63) is 16.8 Å². The number of aliphatic hydroxyl groups excluding tert-OH is 1. The van der Waals surface area contributed by atoms with Crippen LogP contribution in [-0.2, 0) is 12.8 Å². The molecule has 1 heterocycles. The average molecular weight is 277 g/mol. The number of nitrogens with one attached hydrogen (secondary N) is 1. The fourth-order valence-electron chi connectivity index (χ4n) is 2.60. The maximum Gasteiger partial charge on any atom is 0.162 e. The highest BCUT2D eigenvalue weighted by molar-refractivity contribution is 6.01. The van der Waals surface area contributed by atoms with E-state index in [0.717, 1.165) is 36.9 Å². The van der Waals surface area contributed by atoms with E-state index in [4.69, 9.17) is 11.1 Å². The van der Waals surface area contributed by atoms with E-state index in [9.17, 15) is 5.11 Å². The van der Waals surface area contributed by atoms with Crippen LogP contribution >= 0.6 is 0 Å². The molecule has 0 aromatic carbocycles. The third-order valence-electron chi connectivity index (χ3n) is 3.70. The van der Waals surface area contributed by atoms with E-state index in [1.54, 1.807) is 0 Å². The largest absolute Gasteiger partial charge is 0.395 e. The van der Waals surface area contributed by atoms with Crippen molar-refractivity contribution in [2.75, 3.05) is 18.1 Å². The molecule has 1 aliphatic carbocycles. The molecule has 6 heteroatoms. The first-order valence-electron chi connectivity index (χ1n) is 7.24. The van der Waals surface area contributed by atoms with Crippen LogP contribution in [0, 0.1) is 5.41 Å². The Balaban J connectivity index is 2.53. The fourth-order valence-corrected chi connectivity index (χ4v) is 2.60. The molecule has 4 N–H and O–H groups in total. The third kappa shape index (κ3) is 2.75. The fraction of sp³-hybridized carbons (Fsp3) is 0.643. The van der Waals surface area contributed by atoms with Crippen molar-refractivity contribution in [3.8, 4) is 0 Å². The number of nitrogens with two attached hydrogens (primary N) is 1. The van der Waals surface area contributed by atoms with Crippen LogP contribution in [0.5, 0.6) is 0 Å². The molecule has 110 valence electrons. The summed E-state index contributed by atoms with van der Waals surface area (Å²) in [7, 11) is 0. The average Bonchev–Trinajstić information content (AvgIpc) is 3.27. The zero-order valence-electron chi connectivity index (χ0n) is 12.2. The Labute approximate surface area is 119 Å². The minimum Gasteiger partial charge on any atom is -0.395 e. The van der Waals surface area contributed by atoms with Crippen LogP contribution < -0.4 is 10.6 Å². The maximum absolute atomic E-state index is 9.26. The number of amidine groups is 1. The molecule has 0 spiro atoms. The number of nitrogen functional groups attached to an aromatic ring is 1. The summed E-state index contributed by atoms with van der Waals surface area (Å²) in [5.74, 6) is 0.688. The van der Waals surface area contributed by atoms with Crippen molar-refractivity contribution in [1.29, 1.82) is 5.41 Å². The highest BCUT2D eigenvalue weighted by Crippen LogP contribution is 2.33. The van der Waals surface area contributed by atoms with Gasteiger partial charge in [-0.1, -0.05) is 13.8 Å². The van der Waals surface area contributed by atoms with E-state index in [-0.39, 0.29) is 12.4 Å². The molecule has 0 amide bonds. The summed E-state index contributed by atoms with van der Waals surface area (Å²) in [6, 6.07) is 0.395. The van der Waals surface area contributed by atoms with E-state index >= 15 is 0 Å². The summed E-state index contributed by atoms with van der Waals surface area (Å²) in [4.78, 5) is 2.04. The summed E-state index contributed by atoms with van der Waals surface area (Å²) in [6.07, 6.45) is 3.74. The van der Waals surface area contributed by atoms with Gasteiger partial charge in [0, 0.05) is 12.6 Å². The Hall–Kier alpha value is -1.69. The highest BCUT2D eigenvalue weighted by atomic mass is 16.3. The lowest BCUT2D eigenvalue weighted by Crippen LogP contribution is -2.33. The maximum atomic E-state index is 9.26. The number of hydrogen-bond acceptors (Lipinski definition) is 5. The quantitative estimate of drug-likeness (QED) is 0.507. The van der Waals surface area contributed by atoms with Crippen LogP contribution in [0.15, 0.2) is 0 Å². The van der Waals surface area contributed by atoms with Crippen LogP contribution in [0.1, 0.15) is 43.5 Å². The molecule has 1 saturated carbocycles. The van der Waals surface area contributed by atoms with Crippen molar-refractivity contribution in [2.24, 2.45) is 5.73 Å². The van der Waals surface area contributed by atoms with Crippen LogP contribution in [0.2, 0.25) is 0 Å². The first-order valence-corrected chi connectivity index (χ1v) is 7.24. The summed E-state index contributed by atoms with van der Waals surface area (Å²) in [5, 5.41) is 25.8. The molecule has 0 bridgehead atoms. The van der Waals surface area contributed by atoms with Gasteiger partial charge < -0.3 is 15.7 Å². The Bertz CT molecular complexity index is 499. The summed E-state index contributed by atoms with van der Waals surface area (Å²) in [5.41, 5.74) is 8.40. The summed E-state index contributed by atoms with van der Waals surface area (Å²) < 4.78 is 0. The molecule has 0 aliphatic heterocycles. The van der Waals surface area contributed by atoms with Gasteiger partial charge in [0.1, 0.15) is 5.84 Å². The smallest absolute Gasteiger partial charge is 0.162 e. The van der Waals surface area contributed by atoms with E-state index in [2.05, 4.69) is 10.2 Å². The van der Waals surface area contributed by atoms with Crippen molar-refractivity contribution < 1.29 is 5.11 Å². The summed E-state index contributed by atoms with van der Waals surface area (Å²) >= 11 is 0. The van der Waals surface area contributed by atoms with E-state index in [1.165, 1.54) is 0 Å². The molecule has 0 unspecified atom stereocenters. The van der Waals surface area contributed by atoms with Crippen LogP contribution in [0.3, 0.4) is 0 Å². The molecule has 0 saturated heterocycles. The van der Waals surface area contributed by atoms with Crippen molar-refractivity contribution in [1.82, 2.24) is 10.2 Å². The lowest BCUT2D eigenvalue weighted by Gasteiger charge is -2.26. The van der Waals surface area contributed by atoms with Gasteiger partial charge >= 0.3 is 0 Å². The minimum absolute atomic E-state index is 0.0324. The van der Waals surface area contributed by atoms with Crippen LogP contribution in [0.4, 0.5) is 5.82 Å². The van der Waals surface area contributed by atoms with E-state index < -0.39 is 0 Å². The van der Waals surface area contributed by atoms with Gasteiger partial charge in [-0.15, -0.1) is 5.10 Å². The topological polar surface area (TPSA) is 99.1 Å². The lowest BCUT2D eigenvalue weighted by molar-refractivity contribution is 0.301. The normalized spacial score (nSPS) is 14.3. The highest BCUT2D eigenvalue weighted by Gasteiger charge is 2.32. The second-order valence-electron chi connectivity index (χ2n) is 5.09. The van der Waals surface area contributed by atoms with Crippen molar-refractivity contribution >= 4 is 11.7 Å². The molecule has 0 atom stereocenters. The summed E-state index contributed by atoms with van der Waals surface area (Å²) in [6.45, 7) is 4.64. The molecule has 0 radical (unpaired) electrons. The predicted molar refractivity (Wildman–Crippen MR) is 79.3 cm³/mol. The Morgan fingerprint density at radius 3 is 2.50 bits per heavy atom. The number of rotatable bonds is 7. The minimum atomic E-state index is 0.0324. The number of nitrogens with zero attached hydrogens (tertiary/aromatic N) is 3. The second kappa shape index (κ2) is 6.17. The molecule has 1 aromatic rings. The molecular weight excluding hydrogens is 254 g/mol. The molecular formula is C14H23N5O. The monoisotopic (exact) mass is 277 g/mol. The SMILES string of the molecule is CCc1nnc(N(CCO)C2CC2)c(C(=N)N)c1CC. The Kier molecular flexibility index (Phi) is 4.54. The third-order valence-corrected chi connectivity index (χ3v) is 3.70. The van der Waals surface area contributed by atoms with Crippen molar-refractivity contribution in [2.45, 2.75) is 45.6 Å². The van der Waals surface area contributed by atoms with Gasteiger partial charge in [-0.25, -0.2) is 0 Å². The van der Waals surface area contributed by atoms with Gasteiger partial charge in [0.2, 0.25) is 0 Å². The van der Waals surface area contributed by atoms with Gasteiger partial charge in [-0.05, 0) is 31.2 Å². The van der Waals surface area contributed by atoms with Gasteiger partial charge in [0.25, 0.3) is 0 Å². The standard InChI is InChI=1S/C14H23N5O/c1-3-10-11(4-2)17-18-14(12(10)13(15)16)19(7-8-20)9-5-6-9/h9,20H,3-8H2,1-2H3,(H3,15,16). The number of aliphatic hydroxyl groups is 1. The van der Waals surface area contributed by atoms with Gasteiger partial charge in [-0.2, -0.15) is 5.10 Å². The van der Waals surface area contributed by atoms with Crippen LogP contribution in [-0.4, -0.2) is 40.3 Å².